The minimum Gasteiger partial charge on any atom is -0.459 e. The van der Waals surface area contributed by atoms with Crippen molar-refractivity contribution in [1.82, 2.24) is 20.1 Å². The highest BCUT2D eigenvalue weighted by Crippen LogP contribution is 2.40. The summed E-state index contributed by atoms with van der Waals surface area (Å²) in [5, 5.41) is 4.24. The lowest BCUT2D eigenvalue weighted by Gasteiger charge is -2.31. The van der Waals surface area contributed by atoms with Gasteiger partial charge >= 0.3 is 0 Å². The predicted molar refractivity (Wildman–Crippen MR) is 131 cm³/mol. The molecule has 2 aromatic heterocycles. The van der Waals surface area contributed by atoms with Crippen molar-refractivity contribution in [3.8, 4) is 11.3 Å². The highest BCUT2D eigenvalue weighted by molar-refractivity contribution is 9.10. The Morgan fingerprint density at radius 2 is 1.84 bits per heavy atom. The Balaban J connectivity index is 1.43. The minimum absolute atomic E-state index is 0.0670. The summed E-state index contributed by atoms with van der Waals surface area (Å²) >= 11 is 9.27. The predicted octanol–water partition coefficient (Wildman–Crippen LogP) is 4.41. The highest BCUT2D eigenvalue weighted by atomic mass is 79.9. The summed E-state index contributed by atoms with van der Waals surface area (Å²) in [6.45, 7) is 5.23. The van der Waals surface area contributed by atoms with Crippen LogP contribution in [0.15, 0.2) is 69.7 Å². The largest absolute Gasteiger partial charge is 0.459 e. The van der Waals surface area contributed by atoms with Crippen molar-refractivity contribution in [2.45, 2.75) is 12.1 Å². The van der Waals surface area contributed by atoms with Crippen LogP contribution in [0.25, 0.3) is 11.3 Å². The third-order valence-corrected chi connectivity index (χ3v) is 6.89. The van der Waals surface area contributed by atoms with Gasteiger partial charge in [0.1, 0.15) is 17.6 Å². The number of nitrogens with one attached hydrogen (secondary N) is 1. The van der Waals surface area contributed by atoms with Gasteiger partial charge in [0.25, 0.3) is 0 Å². The lowest BCUT2D eigenvalue weighted by Crippen LogP contribution is -2.42. The van der Waals surface area contributed by atoms with E-state index in [1.807, 2.05) is 42.6 Å². The number of thiocarbonyl (C=S) groups is 1. The van der Waals surface area contributed by atoms with Crippen LogP contribution in [0, 0.1) is 0 Å². The van der Waals surface area contributed by atoms with E-state index >= 15 is 0 Å². The van der Waals surface area contributed by atoms with Gasteiger partial charge in [-0.05, 0) is 48.6 Å². The van der Waals surface area contributed by atoms with Crippen molar-refractivity contribution in [3.63, 3.8) is 0 Å². The second-order valence-corrected chi connectivity index (χ2v) is 9.29. The number of hydrogen-bond donors (Lipinski definition) is 1. The number of furan rings is 1. The molecule has 1 N–H and O–H groups in total. The highest BCUT2D eigenvalue weighted by Gasteiger charge is 2.41. The van der Waals surface area contributed by atoms with E-state index in [4.69, 9.17) is 21.4 Å². The molecule has 2 aliphatic rings. The van der Waals surface area contributed by atoms with Crippen LogP contribution in [0.2, 0.25) is 0 Å². The van der Waals surface area contributed by atoms with E-state index in [1.165, 1.54) is 0 Å². The van der Waals surface area contributed by atoms with Crippen LogP contribution in [0.1, 0.15) is 23.5 Å². The molecular formula is C24H25BrN4O2S. The number of benzene rings is 1. The number of ether oxygens (including phenoxy) is 1. The van der Waals surface area contributed by atoms with Gasteiger partial charge in [-0.25, -0.2) is 0 Å². The quantitative estimate of drug-likeness (QED) is 0.491. The molecule has 32 heavy (non-hydrogen) atoms. The molecule has 5 rings (SSSR count). The van der Waals surface area contributed by atoms with Crippen molar-refractivity contribution in [2.24, 2.45) is 0 Å². The average molecular weight is 513 g/mol. The molecular weight excluding hydrogens is 488 g/mol. The second kappa shape index (κ2) is 9.70. The molecule has 6 nitrogen and oxygen atoms in total. The SMILES string of the molecule is S=C1N[C@@H](c2ccccn2)[C@@H](c2ccc(-c3ccc(Br)cc3)o2)N1CCN1CCOCC1. The standard InChI is InChI=1S/C24H25BrN4O2S/c25-18-6-4-17(5-7-18)20-8-9-21(31-20)23-22(19-3-1-2-10-26-19)27-24(32)29(23)12-11-28-13-15-30-16-14-28/h1-10,22-23H,11-16H2,(H,27,32)/t22-,23+/m0/s1. The van der Waals surface area contributed by atoms with Crippen LogP contribution in [0.5, 0.6) is 0 Å². The third-order valence-electron chi connectivity index (χ3n) is 6.01. The summed E-state index contributed by atoms with van der Waals surface area (Å²) in [6.07, 6.45) is 1.82. The Morgan fingerprint density at radius 1 is 1.03 bits per heavy atom. The topological polar surface area (TPSA) is 53.8 Å². The first kappa shape index (κ1) is 21.6. The van der Waals surface area contributed by atoms with Gasteiger partial charge in [0.15, 0.2) is 5.11 Å². The molecule has 1 aromatic carbocycles. The smallest absolute Gasteiger partial charge is 0.170 e. The lowest BCUT2D eigenvalue weighted by molar-refractivity contribution is 0.0347. The first-order chi connectivity index (χ1) is 15.7. The van der Waals surface area contributed by atoms with E-state index in [0.717, 1.165) is 71.8 Å². The van der Waals surface area contributed by atoms with Crippen LogP contribution >= 0.6 is 28.1 Å². The fourth-order valence-electron chi connectivity index (χ4n) is 4.31. The van der Waals surface area contributed by atoms with E-state index in [-0.39, 0.29) is 12.1 Å². The second-order valence-electron chi connectivity index (χ2n) is 7.98. The monoisotopic (exact) mass is 512 g/mol. The van der Waals surface area contributed by atoms with E-state index < -0.39 is 0 Å². The van der Waals surface area contributed by atoms with Crippen molar-refractivity contribution < 1.29 is 9.15 Å². The molecule has 0 unspecified atom stereocenters. The number of rotatable bonds is 6. The Labute approximate surface area is 201 Å². The maximum atomic E-state index is 6.40. The summed E-state index contributed by atoms with van der Waals surface area (Å²) in [4.78, 5) is 9.28. The van der Waals surface area contributed by atoms with Gasteiger partial charge in [-0.1, -0.05) is 34.1 Å². The van der Waals surface area contributed by atoms with Crippen LogP contribution in [-0.2, 0) is 4.74 Å². The Morgan fingerprint density at radius 3 is 2.59 bits per heavy atom. The van der Waals surface area contributed by atoms with Crippen LogP contribution in [0.3, 0.4) is 0 Å². The summed E-state index contributed by atoms with van der Waals surface area (Å²) in [7, 11) is 0. The van der Waals surface area contributed by atoms with Gasteiger partial charge in [0, 0.05) is 42.4 Å². The maximum Gasteiger partial charge on any atom is 0.170 e. The zero-order valence-electron chi connectivity index (χ0n) is 17.6. The van der Waals surface area contributed by atoms with Gasteiger partial charge in [0.2, 0.25) is 0 Å². The number of hydrogen-bond acceptors (Lipinski definition) is 5. The molecule has 0 amide bonds. The van der Waals surface area contributed by atoms with Crippen LogP contribution in [0.4, 0.5) is 0 Å². The molecule has 2 aliphatic heterocycles. The van der Waals surface area contributed by atoms with Gasteiger partial charge in [-0.15, -0.1) is 0 Å². The first-order valence-corrected chi connectivity index (χ1v) is 12.0. The van der Waals surface area contributed by atoms with Crippen molar-refractivity contribution >= 4 is 33.3 Å². The van der Waals surface area contributed by atoms with Gasteiger partial charge in [-0.2, -0.15) is 0 Å². The molecule has 166 valence electrons. The number of halogens is 1. The molecule has 2 fully saturated rings. The van der Waals surface area contributed by atoms with Crippen molar-refractivity contribution in [1.29, 1.82) is 0 Å². The van der Waals surface area contributed by atoms with Gasteiger partial charge in [0.05, 0.1) is 24.9 Å². The van der Waals surface area contributed by atoms with E-state index in [2.05, 4.69) is 54.2 Å². The van der Waals surface area contributed by atoms with Gasteiger partial charge in [-0.3, -0.25) is 9.88 Å². The van der Waals surface area contributed by atoms with Crippen LogP contribution < -0.4 is 5.32 Å². The lowest BCUT2D eigenvalue weighted by atomic mass is 10.0. The summed E-state index contributed by atoms with van der Waals surface area (Å²) in [5.41, 5.74) is 2.00. The summed E-state index contributed by atoms with van der Waals surface area (Å²) in [6, 6.07) is 18.1. The fraction of sp³-hybridized carbons (Fsp3) is 0.333. The fourth-order valence-corrected chi connectivity index (χ4v) is 4.91. The van der Waals surface area contributed by atoms with Crippen LogP contribution in [-0.4, -0.2) is 59.3 Å². The Hall–Kier alpha value is -2.26. The Kier molecular flexibility index (Phi) is 6.54. The molecule has 2 saturated heterocycles. The zero-order valence-corrected chi connectivity index (χ0v) is 20.0. The van der Waals surface area contributed by atoms with E-state index in [9.17, 15) is 0 Å². The maximum absolute atomic E-state index is 6.40. The summed E-state index contributed by atoms with van der Waals surface area (Å²) < 4.78 is 12.9. The molecule has 0 radical (unpaired) electrons. The molecule has 4 heterocycles. The van der Waals surface area contributed by atoms with Crippen molar-refractivity contribution in [2.75, 3.05) is 39.4 Å². The van der Waals surface area contributed by atoms with Crippen molar-refractivity contribution in [3.05, 3.63) is 76.7 Å². The molecule has 0 spiro atoms. The minimum atomic E-state index is -0.0719. The molecule has 0 aliphatic carbocycles. The molecule has 0 bridgehead atoms. The summed E-state index contributed by atoms with van der Waals surface area (Å²) in [5.74, 6) is 1.73. The first-order valence-electron chi connectivity index (χ1n) is 10.8. The van der Waals surface area contributed by atoms with E-state index in [1.54, 1.807) is 0 Å². The number of pyridine rings is 1. The number of morpholine rings is 1. The van der Waals surface area contributed by atoms with Gasteiger partial charge < -0.3 is 19.4 Å². The van der Waals surface area contributed by atoms with E-state index in [0.29, 0.717) is 0 Å². The average Bonchev–Trinajstić information content (AvgIpc) is 3.44. The zero-order chi connectivity index (χ0) is 21.9. The molecule has 2 atom stereocenters. The molecule has 3 aromatic rings. The Bertz CT molecular complexity index is 1050. The molecule has 0 saturated carbocycles. The molecule has 8 heteroatoms. The number of aromatic nitrogens is 1. The third kappa shape index (κ3) is 4.59. The number of nitrogens with zero attached hydrogens (tertiary/aromatic N) is 3. The normalized spacial score (nSPS) is 21.7.